The summed E-state index contributed by atoms with van der Waals surface area (Å²) in [4.78, 5) is 16.2. The zero-order valence-electron chi connectivity index (χ0n) is 16.2. The predicted octanol–water partition coefficient (Wildman–Crippen LogP) is 3.08. The average Bonchev–Trinajstić information content (AvgIpc) is 3.16. The second-order valence-electron chi connectivity index (χ2n) is 7.23. The highest BCUT2D eigenvalue weighted by Crippen LogP contribution is 2.31. The molecule has 28 heavy (non-hydrogen) atoms. The van der Waals surface area contributed by atoms with Crippen molar-refractivity contribution in [2.45, 2.75) is 55.3 Å². The van der Waals surface area contributed by atoms with E-state index in [1.807, 2.05) is 18.2 Å². The number of thioether (sulfide) groups is 1. The largest absolute Gasteiger partial charge is 0.342 e. The molecule has 2 aromatic rings. The third kappa shape index (κ3) is 4.53. The first-order valence-electron chi connectivity index (χ1n) is 9.89. The maximum Gasteiger partial charge on any atom is 0.236 e. The van der Waals surface area contributed by atoms with Crippen molar-refractivity contribution in [2.75, 3.05) is 19.6 Å². The monoisotopic (exact) mass is 421 g/mol. The van der Waals surface area contributed by atoms with Crippen molar-refractivity contribution in [1.29, 1.82) is 0 Å². The lowest BCUT2D eigenvalue weighted by Gasteiger charge is -2.34. The van der Waals surface area contributed by atoms with Crippen molar-refractivity contribution >= 4 is 30.1 Å². The number of piperidine rings is 1. The van der Waals surface area contributed by atoms with Gasteiger partial charge in [0, 0.05) is 37.0 Å². The zero-order valence-corrected chi connectivity index (χ0v) is 17.8. The number of carbonyl (C=O) groups excluding carboxylic acids is 1. The van der Waals surface area contributed by atoms with Crippen LogP contribution in [0, 0.1) is 0 Å². The lowest BCUT2D eigenvalue weighted by atomic mass is 9.95. The Morgan fingerprint density at radius 1 is 1.21 bits per heavy atom. The summed E-state index contributed by atoms with van der Waals surface area (Å²) >= 11 is 1.68. The maximum atomic E-state index is 13.0. The number of aromatic nitrogens is 3. The number of halogens is 1. The molecule has 1 aromatic heterocycles. The van der Waals surface area contributed by atoms with Crippen molar-refractivity contribution in [3.8, 4) is 0 Å². The molecule has 0 bridgehead atoms. The number of amides is 1. The molecule has 1 saturated heterocycles. The maximum absolute atomic E-state index is 13.0. The number of rotatable bonds is 5. The van der Waals surface area contributed by atoms with Crippen molar-refractivity contribution in [1.82, 2.24) is 25.0 Å². The molecule has 2 aliphatic rings. The van der Waals surface area contributed by atoms with Crippen LogP contribution in [0.4, 0.5) is 0 Å². The third-order valence-electron chi connectivity index (χ3n) is 5.49. The summed E-state index contributed by atoms with van der Waals surface area (Å²) < 4.78 is 2.28. The second-order valence-corrected chi connectivity index (χ2v) is 8.51. The molecule has 2 aliphatic heterocycles. The highest BCUT2D eigenvalue weighted by Gasteiger charge is 2.31. The van der Waals surface area contributed by atoms with Crippen molar-refractivity contribution in [3.05, 3.63) is 42.0 Å². The Bertz CT molecular complexity index is 776. The zero-order chi connectivity index (χ0) is 18.6. The lowest BCUT2D eigenvalue weighted by Crippen LogP contribution is -2.42. The molecular formula is C20H28ClN5OS. The molecule has 0 spiro atoms. The fourth-order valence-electron chi connectivity index (χ4n) is 3.95. The van der Waals surface area contributed by atoms with E-state index >= 15 is 0 Å². The molecule has 1 aromatic carbocycles. The quantitative estimate of drug-likeness (QED) is 0.751. The van der Waals surface area contributed by atoms with Crippen molar-refractivity contribution < 1.29 is 4.79 Å². The van der Waals surface area contributed by atoms with E-state index in [1.54, 1.807) is 11.8 Å². The number of nitrogens with one attached hydrogen (secondary N) is 1. The molecule has 1 atom stereocenters. The van der Waals surface area contributed by atoms with Crippen LogP contribution in [0.5, 0.6) is 0 Å². The van der Waals surface area contributed by atoms with E-state index in [9.17, 15) is 4.79 Å². The van der Waals surface area contributed by atoms with Gasteiger partial charge in [-0.25, -0.2) is 0 Å². The fraction of sp³-hybridized carbons (Fsp3) is 0.550. The van der Waals surface area contributed by atoms with Gasteiger partial charge in [-0.15, -0.1) is 34.4 Å². The Kier molecular flexibility index (Phi) is 7.37. The van der Waals surface area contributed by atoms with Crippen molar-refractivity contribution in [3.63, 3.8) is 0 Å². The Labute approximate surface area is 176 Å². The van der Waals surface area contributed by atoms with Crippen LogP contribution < -0.4 is 5.32 Å². The van der Waals surface area contributed by atoms with Crippen LogP contribution in [0.25, 0.3) is 0 Å². The van der Waals surface area contributed by atoms with Gasteiger partial charge >= 0.3 is 0 Å². The molecule has 1 fully saturated rings. The first-order chi connectivity index (χ1) is 13.3. The van der Waals surface area contributed by atoms with Crippen LogP contribution in [0.15, 0.2) is 35.2 Å². The summed E-state index contributed by atoms with van der Waals surface area (Å²) in [5, 5.41) is 12.1. The second kappa shape index (κ2) is 9.76. The average molecular weight is 422 g/mol. The number of fused-ring (bicyclic) bond motifs is 1. The van der Waals surface area contributed by atoms with E-state index in [1.165, 1.54) is 0 Å². The number of hydrogen-bond acceptors (Lipinski definition) is 5. The summed E-state index contributed by atoms with van der Waals surface area (Å²) in [6, 6.07) is 10.2. The molecular weight excluding hydrogens is 394 g/mol. The highest BCUT2D eigenvalue weighted by molar-refractivity contribution is 8.00. The molecule has 3 heterocycles. The first-order valence-corrected chi connectivity index (χ1v) is 10.8. The van der Waals surface area contributed by atoms with E-state index in [2.05, 4.69) is 44.0 Å². The van der Waals surface area contributed by atoms with Gasteiger partial charge in [-0.3, -0.25) is 4.79 Å². The summed E-state index contributed by atoms with van der Waals surface area (Å²) in [6.07, 6.45) is 2.80. The Balaban J connectivity index is 0.00000225. The van der Waals surface area contributed by atoms with E-state index in [0.29, 0.717) is 5.92 Å². The molecule has 1 unspecified atom stereocenters. The smallest absolute Gasteiger partial charge is 0.236 e. The van der Waals surface area contributed by atoms with Crippen LogP contribution in [-0.4, -0.2) is 50.5 Å². The SMILES string of the molecule is CCC(Sc1ccccc1)C(=O)N1CCC(c2nnc3n2CCNC3)CC1.Cl. The minimum atomic E-state index is -0.00382. The van der Waals surface area contributed by atoms with E-state index in [4.69, 9.17) is 0 Å². The minimum absolute atomic E-state index is 0. The first kappa shape index (κ1) is 21.1. The summed E-state index contributed by atoms with van der Waals surface area (Å²) in [6.45, 7) is 6.46. The predicted molar refractivity (Wildman–Crippen MR) is 114 cm³/mol. The standard InChI is InChI=1S/C20H27N5OS.ClH/c1-2-17(27-16-6-4-3-5-7-16)20(26)24-11-8-15(9-12-24)19-23-22-18-14-21-10-13-25(18)19;/h3-7,15,17,21H,2,8-14H2,1H3;1H. The van der Waals surface area contributed by atoms with Gasteiger partial charge in [0.15, 0.2) is 0 Å². The number of benzene rings is 1. The number of nitrogens with zero attached hydrogens (tertiary/aromatic N) is 4. The molecule has 0 radical (unpaired) electrons. The lowest BCUT2D eigenvalue weighted by molar-refractivity contribution is -0.131. The van der Waals surface area contributed by atoms with E-state index < -0.39 is 0 Å². The summed E-state index contributed by atoms with van der Waals surface area (Å²) in [7, 11) is 0. The number of hydrogen-bond donors (Lipinski definition) is 1. The van der Waals surface area contributed by atoms with Crippen LogP contribution >= 0.6 is 24.2 Å². The molecule has 1 amide bonds. The Hall–Kier alpha value is -1.57. The Morgan fingerprint density at radius 2 is 1.96 bits per heavy atom. The Morgan fingerprint density at radius 3 is 2.68 bits per heavy atom. The minimum Gasteiger partial charge on any atom is -0.342 e. The number of likely N-dealkylation sites (tertiary alicyclic amines) is 1. The van der Waals surface area contributed by atoms with Gasteiger partial charge in [-0.05, 0) is 31.4 Å². The van der Waals surface area contributed by atoms with E-state index in [-0.39, 0.29) is 23.6 Å². The van der Waals surface area contributed by atoms with Gasteiger partial charge in [-0.2, -0.15) is 0 Å². The fourth-order valence-corrected chi connectivity index (χ4v) is 5.01. The van der Waals surface area contributed by atoms with Gasteiger partial charge in [0.1, 0.15) is 11.6 Å². The molecule has 4 rings (SSSR count). The summed E-state index contributed by atoms with van der Waals surface area (Å²) in [5.74, 6) is 2.84. The normalized spacial score (nSPS) is 18.2. The number of carbonyl (C=O) groups is 1. The van der Waals surface area contributed by atoms with Crippen LogP contribution in [0.3, 0.4) is 0 Å². The van der Waals surface area contributed by atoms with Gasteiger partial charge in [0.2, 0.25) is 5.91 Å². The third-order valence-corrected chi connectivity index (χ3v) is 6.85. The molecule has 1 N–H and O–H groups in total. The van der Waals surface area contributed by atoms with Gasteiger partial charge in [0.05, 0.1) is 11.8 Å². The van der Waals surface area contributed by atoms with Crippen LogP contribution in [-0.2, 0) is 17.9 Å². The summed E-state index contributed by atoms with van der Waals surface area (Å²) in [5.41, 5.74) is 0. The van der Waals surface area contributed by atoms with Gasteiger partial charge in [-0.1, -0.05) is 25.1 Å². The van der Waals surface area contributed by atoms with Crippen molar-refractivity contribution in [2.24, 2.45) is 0 Å². The molecule has 6 nitrogen and oxygen atoms in total. The van der Waals surface area contributed by atoms with Crippen LogP contribution in [0.2, 0.25) is 0 Å². The molecule has 0 aliphatic carbocycles. The molecule has 152 valence electrons. The molecule has 8 heteroatoms. The molecule has 0 saturated carbocycles. The van der Waals surface area contributed by atoms with E-state index in [0.717, 1.165) is 68.5 Å². The van der Waals surface area contributed by atoms with Crippen LogP contribution in [0.1, 0.15) is 43.8 Å². The van der Waals surface area contributed by atoms with Gasteiger partial charge in [0.25, 0.3) is 0 Å². The topological polar surface area (TPSA) is 63.1 Å². The highest BCUT2D eigenvalue weighted by atomic mass is 35.5. The van der Waals surface area contributed by atoms with Gasteiger partial charge < -0.3 is 14.8 Å².